The molecule has 1 heterocycles. The van der Waals surface area contributed by atoms with Crippen molar-refractivity contribution in [3.8, 4) is 0 Å². The highest BCUT2D eigenvalue weighted by Crippen LogP contribution is 2.18. The molecule has 1 amide bonds. The average molecular weight is 398 g/mol. The standard InChI is InChI=1S/C18H23N3O3S.ClH/c1-14-13-21(11-10-19-14)18(22)8-9-20-25(23,24)17-7-6-15-4-2-3-5-16(15)12-17;/h2-7,12,14,19-20H,8-11,13H2,1H3;1H. The number of sulfonamides is 1. The van der Waals surface area contributed by atoms with Crippen molar-refractivity contribution in [2.75, 3.05) is 26.2 Å². The fourth-order valence-electron chi connectivity index (χ4n) is 3.03. The van der Waals surface area contributed by atoms with Gasteiger partial charge in [-0.25, -0.2) is 13.1 Å². The molecule has 1 unspecified atom stereocenters. The fraction of sp³-hybridized carbons (Fsp3) is 0.389. The van der Waals surface area contributed by atoms with Crippen LogP contribution in [0.4, 0.5) is 0 Å². The predicted octanol–water partition coefficient (Wildman–Crippen LogP) is 1.75. The van der Waals surface area contributed by atoms with Gasteiger partial charge in [0.1, 0.15) is 0 Å². The molecule has 0 aromatic heterocycles. The number of nitrogens with zero attached hydrogens (tertiary/aromatic N) is 1. The molecule has 2 N–H and O–H groups in total. The van der Waals surface area contributed by atoms with Crippen molar-refractivity contribution >= 4 is 39.1 Å². The Bertz CT molecular complexity index is 873. The normalized spacial score (nSPS) is 17.7. The van der Waals surface area contributed by atoms with Gasteiger partial charge in [-0.1, -0.05) is 30.3 Å². The SMILES string of the molecule is CC1CN(C(=O)CCNS(=O)(=O)c2ccc3ccccc3c2)CCN1.Cl. The topological polar surface area (TPSA) is 78.5 Å². The van der Waals surface area contributed by atoms with Crippen LogP contribution in [0.2, 0.25) is 0 Å². The molecule has 26 heavy (non-hydrogen) atoms. The monoisotopic (exact) mass is 397 g/mol. The van der Waals surface area contributed by atoms with Gasteiger partial charge in [-0.15, -0.1) is 12.4 Å². The molecule has 1 saturated heterocycles. The molecule has 2 aromatic carbocycles. The zero-order chi connectivity index (χ0) is 17.9. The van der Waals surface area contributed by atoms with E-state index in [1.165, 1.54) is 0 Å². The van der Waals surface area contributed by atoms with E-state index in [0.29, 0.717) is 13.1 Å². The van der Waals surface area contributed by atoms with E-state index in [-0.39, 0.29) is 42.2 Å². The third-order valence-electron chi connectivity index (χ3n) is 4.38. The molecule has 6 nitrogen and oxygen atoms in total. The number of piperazine rings is 1. The van der Waals surface area contributed by atoms with Crippen LogP contribution < -0.4 is 10.0 Å². The van der Waals surface area contributed by atoms with Crippen molar-refractivity contribution in [2.45, 2.75) is 24.3 Å². The van der Waals surface area contributed by atoms with Crippen molar-refractivity contribution in [1.29, 1.82) is 0 Å². The highest BCUT2D eigenvalue weighted by Gasteiger charge is 2.21. The van der Waals surface area contributed by atoms with E-state index in [9.17, 15) is 13.2 Å². The Morgan fingerprint density at radius 3 is 2.69 bits per heavy atom. The van der Waals surface area contributed by atoms with E-state index in [1.54, 1.807) is 23.1 Å². The van der Waals surface area contributed by atoms with E-state index in [2.05, 4.69) is 10.0 Å². The quantitative estimate of drug-likeness (QED) is 0.805. The van der Waals surface area contributed by atoms with Gasteiger partial charge in [0.05, 0.1) is 4.90 Å². The van der Waals surface area contributed by atoms with Crippen LogP contribution in [0, 0.1) is 0 Å². The van der Waals surface area contributed by atoms with Gasteiger partial charge in [-0.2, -0.15) is 0 Å². The first-order valence-electron chi connectivity index (χ1n) is 8.45. The first-order valence-corrected chi connectivity index (χ1v) is 9.94. The molecule has 0 spiro atoms. The summed E-state index contributed by atoms with van der Waals surface area (Å²) in [6, 6.07) is 12.9. The van der Waals surface area contributed by atoms with E-state index >= 15 is 0 Å². The molecule has 0 aliphatic carbocycles. The highest BCUT2D eigenvalue weighted by molar-refractivity contribution is 7.89. The maximum absolute atomic E-state index is 12.4. The van der Waals surface area contributed by atoms with Gasteiger partial charge in [0.15, 0.2) is 0 Å². The summed E-state index contributed by atoms with van der Waals surface area (Å²) in [6.07, 6.45) is 0.166. The Morgan fingerprint density at radius 2 is 1.96 bits per heavy atom. The van der Waals surface area contributed by atoms with Crippen molar-refractivity contribution in [1.82, 2.24) is 14.9 Å². The highest BCUT2D eigenvalue weighted by atomic mass is 35.5. The summed E-state index contributed by atoms with van der Waals surface area (Å²) < 4.78 is 27.4. The summed E-state index contributed by atoms with van der Waals surface area (Å²) in [5.74, 6) is -0.0189. The van der Waals surface area contributed by atoms with Gasteiger partial charge in [0, 0.05) is 38.6 Å². The largest absolute Gasteiger partial charge is 0.340 e. The molecule has 3 rings (SSSR count). The number of rotatable bonds is 5. The lowest BCUT2D eigenvalue weighted by molar-refractivity contribution is -0.132. The summed E-state index contributed by atoms with van der Waals surface area (Å²) in [5.41, 5.74) is 0. The molecule has 2 aromatic rings. The Hall–Kier alpha value is -1.67. The molecular formula is C18H24ClN3O3S. The van der Waals surface area contributed by atoms with Crippen molar-refractivity contribution in [3.63, 3.8) is 0 Å². The van der Waals surface area contributed by atoms with E-state index in [4.69, 9.17) is 0 Å². The molecule has 1 fully saturated rings. The number of halogens is 1. The Kier molecular flexibility index (Phi) is 7.00. The molecule has 0 saturated carbocycles. The van der Waals surface area contributed by atoms with Crippen LogP contribution in [0.5, 0.6) is 0 Å². The minimum absolute atomic E-state index is 0. The molecule has 0 bridgehead atoms. The van der Waals surface area contributed by atoms with Crippen molar-refractivity contribution < 1.29 is 13.2 Å². The van der Waals surface area contributed by atoms with Crippen LogP contribution in [0.25, 0.3) is 10.8 Å². The Labute approximate surface area is 160 Å². The smallest absolute Gasteiger partial charge is 0.240 e. The maximum Gasteiger partial charge on any atom is 0.240 e. The van der Waals surface area contributed by atoms with Crippen LogP contribution in [0.1, 0.15) is 13.3 Å². The number of nitrogens with one attached hydrogen (secondary N) is 2. The number of fused-ring (bicyclic) bond motifs is 1. The number of benzene rings is 2. The average Bonchev–Trinajstić information content (AvgIpc) is 2.61. The summed E-state index contributed by atoms with van der Waals surface area (Å²) in [4.78, 5) is 14.2. The number of carbonyl (C=O) groups is 1. The summed E-state index contributed by atoms with van der Waals surface area (Å²) >= 11 is 0. The van der Waals surface area contributed by atoms with E-state index in [1.807, 2.05) is 31.2 Å². The van der Waals surface area contributed by atoms with Gasteiger partial charge >= 0.3 is 0 Å². The van der Waals surface area contributed by atoms with Crippen LogP contribution in [0.15, 0.2) is 47.4 Å². The molecule has 1 atom stereocenters. The first kappa shape index (κ1) is 20.6. The van der Waals surface area contributed by atoms with Crippen LogP contribution in [-0.2, 0) is 14.8 Å². The minimum atomic E-state index is -3.62. The van der Waals surface area contributed by atoms with E-state index < -0.39 is 10.0 Å². The zero-order valence-electron chi connectivity index (χ0n) is 14.6. The second-order valence-corrected chi connectivity index (χ2v) is 8.12. The van der Waals surface area contributed by atoms with Gasteiger partial charge in [0.25, 0.3) is 0 Å². The lowest BCUT2D eigenvalue weighted by Gasteiger charge is -2.32. The molecule has 1 aliphatic rings. The van der Waals surface area contributed by atoms with Gasteiger partial charge < -0.3 is 10.2 Å². The summed E-state index contributed by atoms with van der Waals surface area (Å²) in [5, 5.41) is 5.14. The molecular weight excluding hydrogens is 374 g/mol. The van der Waals surface area contributed by atoms with Gasteiger partial charge in [-0.3, -0.25) is 4.79 Å². The third kappa shape index (κ3) is 4.94. The van der Waals surface area contributed by atoms with Gasteiger partial charge in [0.2, 0.25) is 15.9 Å². The second kappa shape index (κ2) is 8.81. The van der Waals surface area contributed by atoms with Crippen molar-refractivity contribution in [3.05, 3.63) is 42.5 Å². The fourth-order valence-corrected chi connectivity index (χ4v) is 4.09. The van der Waals surface area contributed by atoms with Crippen LogP contribution in [0.3, 0.4) is 0 Å². The molecule has 8 heteroatoms. The lowest BCUT2D eigenvalue weighted by Crippen LogP contribution is -2.51. The van der Waals surface area contributed by atoms with Gasteiger partial charge in [-0.05, 0) is 29.8 Å². The van der Waals surface area contributed by atoms with Crippen LogP contribution >= 0.6 is 12.4 Å². The molecule has 0 radical (unpaired) electrons. The van der Waals surface area contributed by atoms with Crippen LogP contribution in [-0.4, -0.2) is 51.4 Å². The summed E-state index contributed by atoms with van der Waals surface area (Å²) in [7, 11) is -3.62. The van der Waals surface area contributed by atoms with Crippen molar-refractivity contribution in [2.24, 2.45) is 0 Å². The minimum Gasteiger partial charge on any atom is -0.340 e. The molecule has 142 valence electrons. The van der Waals surface area contributed by atoms with E-state index in [0.717, 1.165) is 17.3 Å². The lowest BCUT2D eigenvalue weighted by atomic mass is 10.1. The number of carbonyl (C=O) groups excluding carboxylic acids is 1. The number of hydrogen-bond donors (Lipinski definition) is 2. The second-order valence-electron chi connectivity index (χ2n) is 6.35. The Morgan fingerprint density at radius 1 is 1.23 bits per heavy atom. The number of amides is 1. The number of hydrogen-bond acceptors (Lipinski definition) is 4. The maximum atomic E-state index is 12.4. The zero-order valence-corrected chi connectivity index (χ0v) is 16.3. The predicted molar refractivity (Wildman–Crippen MR) is 105 cm³/mol. The first-order chi connectivity index (χ1) is 12.0. The summed E-state index contributed by atoms with van der Waals surface area (Å²) in [6.45, 7) is 4.24. The Balaban J connectivity index is 0.00000243. The third-order valence-corrected chi connectivity index (χ3v) is 5.84. The molecule has 1 aliphatic heterocycles.